The van der Waals surface area contributed by atoms with Crippen molar-refractivity contribution in [1.29, 1.82) is 0 Å². The maximum atomic E-state index is 12.8. The van der Waals surface area contributed by atoms with E-state index >= 15 is 0 Å². The van der Waals surface area contributed by atoms with Gasteiger partial charge in [0.1, 0.15) is 11.5 Å². The predicted octanol–water partition coefficient (Wildman–Crippen LogP) is 5.53. The molecule has 2 aromatic carbocycles. The van der Waals surface area contributed by atoms with Crippen LogP contribution >= 0.6 is 23.2 Å². The van der Waals surface area contributed by atoms with Gasteiger partial charge in [0.15, 0.2) is 5.76 Å². The summed E-state index contributed by atoms with van der Waals surface area (Å²) >= 11 is 12.0. The molecule has 2 heterocycles. The summed E-state index contributed by atoms with van der Waals surface area (Å²) in [7, 11) is 0. The Kier molecular flexibility index (Phi) is 5.09. The molecule has 1 aromatic heterocycles. The van der Waals surface area contributed by atoms with Crippen LogP contribution in [0.4, 0.5) is 0 Å². The molecular formula is C22H13Cl2NO4. The van der Waals surface area contributed by atoms with Crippen LogP contribution in [0.25, 0.3) is 6.08 Å². The molecule has 0 unspecified atom stereocenters. The number of nitrogens with zero attached hydrogens (tertiary/aromatic N) is 1. The zero-order valence-electron chi connectivity index (χ0n) is 15.1. The summed E-state index contributed by atoms with van der Waals surface area (Å²) in [5.74, 6) is -0.0479. The van der Waals surface area contributed by atoms with E-state index in [2.05, 4.69) is 4.98 Å². The summed E-state index contributed by atoms with van der Waals surface area (Å²) in [4.78, 5) is 28.9. The van der Waals surface area contributed by atoms with Gasteiger partial charge >= 0.3 is 5.97 Å². The minimum absolute atomic E-state index is 0.150. The Bertz CT molecular complexity index is 1170. The molecule has 5 nitrogen and oxygen atoms in total. The number of aromatic nitrogens is 1. The molecule has 7 heteroatoms. The summed E-state index contributed by atoms with van der Waals surface area (Å²) in [5.41, 5.74) is 2.07. The molecule has 0 fully saturated rings. The number of rotatable bonds is 3. The first-order valence-corrected chi connectivity index (χ1v) is 9.34. The van der Waals surface area contributed by atoms with Gasteiger partial charge in [-0.25, -0.2) is 4.79 Å². The van der Waals surface area contributed by atoms with Crippen LogP contribution in [0.1, 0.15) is 31.8 Å². The van der Waals surface area contributed by atoms with E-state index in [9.17, 15) is 9.59 Å². The lowest BCUT2D eigenvalue weighted by molar-refractivity contribution is 0.0734. The quantitative estimate of drug-likeness (QED) is 0.313. The fraction of sp³-hybridized carbons (Fsp3) is 0.0455. The van der Waals surface area contributed by atoms with Gasteiger partial charge in [-0.15, -0.1) is 0 Å². The summed E-state index contributed by atoms with van der Waals surface area (Å²) < 4.78 is 11.1. The summed E-state index contributed by atoms with van der Waals surface area (Å²) in [6.07, 6.45) is 4.57. The molecule has 1 aliphatic heterocycles. The van der Waals surface area contributed by atoms with Crippen molar-refractivity contribution in [3.8, 4) is 11.5 Å². The molecule has 0 N–H and O–H groups in total. The smallest absolute Gasteiger partial charge is 0.345 e. The van der Waals surface area contributed by atoms with Gasteiger partial charge in [0.25, 0.3) is 0 Å². The number of hydrogen-bond donors (Lipinski definition) is 0. The number of benzene rings is 2. The molecule has 4 rings (SSSR count). The minimum Gasteiger partial charge on any atom is -0.452 e. The number of Topliss-reactive ketones (excluding diaryl/α,β-unsaturated/α-hetero) is 1. The van der Waals surface area contributed by atoms with E-state index in [1.807, 2.05) is 0 Å². The first-order chi connectivity index (χ1) is 13.9. The lowest BCUT2D eigenvalue weighted by atomic mass is 10.0. The van der Waals surface area contributed by atoms with Gasteiger partial charge in [0.2, 0.25) is 5.78 Å². The van der Waals surface area contributed by atoms with Gasteiger partial charge in [0.05, 0.1) is 21.2 Å². The Morgan fingerprint density at radius 1 is 1.14 bits per heavy atom. The zero-order valence-corrected chi connectivity index (χ0v) is 16.6. The van der Waals surface area contributed by atoms with Gasteiger partial charge in [0, 0.05) is 18.5 Å². The Labute approximate surface area is 176 Å². The third-order valence-corrected chi connectivity index (χ3v) is 5.03. The van der Waals surface area contributed by atoms with E-state index in [1.165, 1.54) is 12.3 Å². The highest BCUT2D eigenvalue weighted by Crippen LogP contribution is 2.38. The lowest BCUT2D eigenvalue weighted by Gasteiger charge is -2.07. The van der Waals surface area contributed by atoms with Gasteiger partial charge in [-0.2, -0.15) is 0 Å². The molecule has 0 radical (unpaired) electrons. The standard InChI is InChI=1S/C22H13Cl2NO4/c1-12-7-15(28-22(27)14-3-2-6-25-11-14)10-18-20(12)21(26)19(29-18)9-13-4-5-16(23)17(24)8-13/h2-11H,1H3/b19-9-. The number of carbonyl (C=O) groups is 2. The van der Waals surface area contributed by atoms with Gasteiger partial charge in [-0.05, 0) is 54.5 Å². The number of pyridine rings is 1. The van der Waals surface area contributed by atoms with Crippen LogP contribution in [0.15, 0.2) is 60.6 Å². The maximum Gasteiger partial charge on any atom is 0.345 e. The van der Waals surface area contributed by atoms with Gasteiger partial charge in [-0.1, -0.05) is 29.3 Å². The first kappa shape index (κ1) is 19.2. The molecule has 0 spiro atoms. The van der Waals surface area contributed by atoms with E-state index in [4.69, 9.17) is 32.7 Å². The molecule has 0 bridgehead atoms. The van der Waals surface area contributed by atoms with Crippen LogP contribution in [0.2, 0.25) is 10.0 Å². The second-order valence-corrected chi connectivity index (χ2v) is 7.17. The Hall–Kier alpha value is -3.15. The number of ketones is 1. The molecule has 0 saturated heterocycles. The normalized spacial score (nSPS) is 13.9. The molecule has 1 aliphatic rings. The Balaban J connectivity index is 1.62. The van der Waals surface area contributed by atoms with E-state index in [1.54, 1.807) is 55.6 Å². The van der Waals surface area contributed by atoms with Crippen molar-refractivity contribution in [3.63, 3.8) is 0 Å². The number of allylic oxidation sites excluding steroid dienone is 1. The Morgan fingerprint density at radius 3 is 2.69 bits per heavy atom. The van der Waals surface area contributed by atoms with Crippen LogP contribution in [-0.2, 0) is 0 Å². The topological polar surface area (TPSA) is 65.5 Å². The summed E-state index contributed by atoms with van der Waals surface area (Å²) in [6, 6.07) is 11.4. The van der Waals surface area contributed by atoms with Gasteiger partial charge < -0.3 is 9.47 Å². The number of ether oxygens (including phenoxy) is 2. The van der Waals surface area contributed by atoms with Gasteiger partial charge in [-0.3, -0.25) is 9.78 Å². The lowest BCUT2D eigenvalue weighted by Crippen LogP contribution is -2.09. The van der Waals surface area contributed by atoms with Crippen molar-refractivity contribution in [2.75, 3.05) is 0 Å². The van der Waals surface area contributed by atoms with Crippen molar-refractivity contribution in [2.45, 2.75) is 6.92 Å². The van der Waals surface area contributed by atoms with Crippen molar-refractivity contribution in [3.05, 3.63) is 92.9 Å². The van der Waals surface area contributed by atoms with E-state index in [0.717, 1.165) is 0 Å². The number of hydrogen-bond acceptors (Lipinski definition) is 5. The van der Waals surface area contributed by atoms with Crippen molar-refractivity contribution < 1.29 is 19.1 Å². The molecular weight excluding hydrogens is 413 g/mol. The van der Waals surface area contributed by atoms with E-state index < -0.39 is 5.97 Å². The van der Waals surface area contributed by atoms with Crippen LogP contribution in [0.5, 0.6) is 11.5 Å². The number of halogens is 2. The SMILES string of the molecule is Cc1cc(OC(=O)c2cccnc2)cc2c1C(=O)/C(=C/c1ccc(Cl)c(Cl)c1)O2. The van der Waals surface area contributed by atoms with Crippen molar-refractivity contribution in [2.24, 2.45) is 0 Å². The highest BCUT2D eigenvalue weighted by Gasteiger charge is 2.30. The van der Waals surface area contributed by atoms with E-state index in [-0.39, 0.29) is 17.3 Å². The Morgan fingerprint density at radius 2 is 1.97 bits per heavy atom. The molecule has 0 aliphatic carbocycles. The second kappa shape index (κ2) is 7.70. The van der Waals surface area contributed by atoms with Crippen LogP contribution in [-0.4, -0.2) is 16.7 Å². The second-order valence-electron chi connectivity index (χ2n) is 6.36. The largest absolute Gasteiger partial charge is 0.452 e. The summed E-state index contributed by atoms with van der Waals surface area (Å²) in [6.45, 7) is 1.75. The average molecular weight is 426 g/mol. The fourth-order valence-electron chi connectivity index (χ4n) is 2.94. The zero-order chi connectivity index (χ0) is 20.5. The van der Waals surface area contributed by atoms with Crippen LogP contribution in [0.3, 0.4) is 0 Å². The average Bonchev–Trinajstić information content (AvgIpc) is 3.01. The van der Waals surface area contributed by atoms with Crippen molar-refractivity contribution >= 4 is 41.0 Å². The van der Waals surface area contributed by atoms with E-state index in [0.29, 0.717) is 38.0 Å². The number of aryl methyl sites for hydroxylation is 1. The van der Waals surface area contributed by atoms with Crippen LogP contribution < -0.4 is 9.47 Å². The maximum absolute atomic E-state index is 12.8. The monoisotopic (exact) mass is 425 g/mol. The molecule has 29 heavy (non-hydrogen) atoms. The third-order valence-electron chi connectivity index (χ3n) is 4.29. The predicted molar refractivity (Wildman–Crippen MR) is 110 cm³/mol. The minimum atomic E-state index is -0.548. The van der Waals surface area contributed by atoms with Crippen LogP contribution in [0, 0.1) is 6.92 Å². The molecule has 0 amide bonds. The first-order valence-electron chi connectivity index (χ1n) is 8.58. The highest BCUT2D eigenvalue weighted by molar-refractivity contribution is 6.42. The third kappa shape index (κ3) is 3.88. The van der Waals surface area contributed by atoms with Crippen molar-refractivity contribution in [1.82, 2.24) is 4.98 Å². The number of fused-ring (bicyclic) bond motifs is 1. The molecule has 3 aromatic rings. The molecule has 144 valence electrons. The number of carbonyl (C=O) groups excluding carboxylic acids is 2. The fourth-order valence-corrected chi connectivity index (χ4v) is 3.25. The highest BCUT2D eigenvalue weighted by atomic mass is 35.5. The molecule has 0 saturated carbocycles. The summed E-state index contributed by atoms with van der Waals surface area (Å²) in [5, 5.41) is 0.802. The molecule has 0 atom stereocenters. The number of esters is 1.